The number of fused-ring (bicyclic) bond motifs is 1. The molecule has 0 radical (unpaired) electrons. The molecule has 0 bridgehead atoms. The number of hydrogen-bond donors (Lipinski definition) is 2. The number of piperidine rings is 1. The molecule has 1 saturated heterocycles. The van der Waals surface area contributed by atoms with E-state index in [1.807, 2.05) is 12.1 Å². The maximum Gasteiger partial charge on any atom is 0.287 e. The molecule has 0 spiro atoms. The van der Waals surface area contributed by atoms with Gasteiger partial charge in [0.2, 0.25) is 17.7 Å². The van der Waals surface area contributed by atoms with Crippen LogP contribution in [0.15, 0.2) is 77.5 Å². The first kappa shape index (κ1) is 27.1. The van der Waals surface area contributed by atoms with E-state index < -0.39 is 17.9 Å². The van der Waals surface area contributed by atoms with Gasteiger partial charge in [0.25, 0.3) is 5.91 Å². The summed E-state index contributed by atoms with van der Waals surface area (Å²) in [6, 6.07) is 16.4. The molecule has 1 aliphatic rings. The van der Waals surface area contributed by atoms with Crippen molar-refractivity contribution in [3.05, 3.63) is 89.5 Å². The van der Waals surface area contributed by atoms with Crippen LogP contribution in [0.5, 0.6) is 5.88 Å². The number of ether oxygens (including phenoxy) is 1. The van der Waals surface area contributed by atoms with Crippen molar-refractivity contribution >= 4 is 40.3 Å². The van der Waals surface area contributed by atoms with E-state index in [0.29, 0.717) is 53.5 Å². The lowest BCUT2D eigenvalue weighted by Crippen LogP contribution is -2.51. The summed E-state index contributed by atoms with van der Waals surface area (Å²) in [6.45, 7) is 0.828. The van der Waals surface area contributed by atoms with E-state index in [0.717, 1.165) is 0 Å². The Labute approximate surface area is 235 Å². The third kappa shape index (κ3) is 6.95. The Kier molecular flexibility index (Phi) is 8.56. The summed E-state index contributed by atoms with van der Waals surface area (Å²) in [5.41, 5.74) is 1.11. The fourth-order valence-electron chi connectivity index (χ4n) is 4.50. The molecule has 0 aliphatic carbocycles. The molecular weight excluding hydrogens is 534 g/mol. The maximum atomic E-state index is 13.2. The topological polar surface area (TPSA) is 127 Å². The van der Waals surface area contributed by atoms with Crippen LogP contribution in [-0.4, -0.2) is 64.4 Å². The fourth-order valence-corrected chi connectivity index (χ4v) is 4.68. The highest BCUT2D eigenvalue weighted by molar-refractivity contribution is 6.31. The Morgan fingerprint density at radius 2 is 1.80 bits per heavy atom. The van der Waals surface area contributed by atoms with Gasteiger partial charge in [-0.2, -0.15) is 0 Å². The lowest BCUT2D eigenvalue weighted by atomic mass is 10.1. The second-order valence-corrected chi connectivity index (χ2v) is 9.86. The van der Waals surface area contributed by atoms with Gasteiger partial charge in [-0.05, 0) is 42.5 Å². The van der Waals surface area contributed by atoms with Crippen LogP contribution in [0.2, 0.25) is 5.02 Å². The van der Waals surface area contributed by atoms with Crippen molar-refractivity contribution in [2.45, 2.75) is 31.4 Å². The highest BCUT2D eigenvalue weighted by atomic mass is 35.5. The average Bonchev–Trinajstić information content (AvgIpc) is 3.40. The number of amides is 3. The fraction of sp³-hybridized carbons (Fsp3) is 0.276. The number of nitrogens with zero attached hydrogens (tertiary/aromatic N) is 3. The van der Waals surface area contributed by atoms with Crippen molar-refractivity contribution in [1.82, 2.24) is 25.5 Å². The van der Waals surface area contributed by atoms with Crippen molar-refractivity contribution < 1.29 is 23.5 Å². The molecule has 5 rings (SSSR count). The second kappa shape index (κ2) is 12.6. The molecule has 10 nitrogen and oxygen atoms in total. The Bertz CT molecular complexity index is 1470. The summed E-state index contributed by atoms with van der Waals surface area (Å²) in [6.07, 6.45) is 4.72. The molecule has 0 saturated carbocycles. The molecule has 1 atom stereocenters. The molecule has 206 valence electrons. The van der Waals surface area contributed by atoms with Gasteiger partial charge in [0, 0.05) is 66.9 Å². The monoisotopic (exact) mass is 561 g/mol. The Morgan fingerprint density at radius 1 is 1.02 bits per heavy atom. The minimum Gasteiger partial charge on any atom is -0.474 e. The molecule has 4 aromatic rings. The van der Waals surface area contributed by atoms with Crippen molar-refractivity contribution in [2.24, 2.45) is 0 Å². The number of nitrogens with one attached hydrogen (secondary N) is 2. The highest BCUT2D eigenvalue weighted by Gasteiger charge is 2.27. The van der Waals surface area contributed by atoms with Crippen molar-refractivity contribution in [3.8, 4) is 5.88 Å². The Morgan fingerprint density at radius 3 is 2.52 bits per heavy atom. The van der Waals surface area contributed by atoms with E-state index >= 15 is 0 Å². The number of rotatable bonds is 9. The van der Waals surface area contributed by atoms with E-state index in [4.69, 9.17) is 20.8 Å². The number of hydrogen-bond acceptors (Lipinski definition) is 7. The lowest BCUT2D eigenvalue weighted by Gasteiger charge is -2.32. The second-order valence-electron chi connectivity index (χ2n) is 9.43. The van der Waals surface area contributed by atoms with Gasteiger partial charge in [0.05, 0.1) is 6.54 Å². The molecule has 3 amide bonds. The van der Waals surface area contributed by atoms with E-state index in [2.05, 4.69) is 20.6 Å². The molecule has 2 N–H and O–H groups in total. The molecular formula is C29H28ClN5O5. The number of carbonyl (C=O) groups is 3. The van der Waals surface area contributed by atoms with E-state index in [1.165, 1.54) is 0 Å². The van der Waals surface area contributed by atoms with Crippen molar-refractivity contribution in [1.29, 1.82) is 0 Å². The van der Waals surface area contributed by atoms with Gasteiger partial charge in [0.1, 0.15) is 17.7 Å². The van der Waals surface area contributed by atoms with Crippen LogP contribution >= 0.6 is 11.6 Å². The molecule has 40 heavy (non-hydrogen) atoms. The summed E-state index contributed by atoms with van der Waals surface area (Å²) in [5.74, 6) is -0.666. The highest BCUT2D eigenvalue weighted by Crippen LogP contribution is 2.23. The SMILES string of the molecule is O=C(NC(Cc1ccccn1)C(=O)NCC(=O)N1CCC(Oc2ccccn2)CC1)c1cc2cc(Cl)ccc2o1. The number of benzene rings is 1. The molecule has 1 fully saturated rings. The number of furan rings is 1. The standard InChI is InChI=1S/C29H28ClN5O5/c30-20-7-8-24-19(15-20)16-25(40-24)29(38)34-23(17-21-5-1-3-11-31-21)28(37)33-18-27(36)35-13-9-22(10-14-35)39-26-6-2-4-12-32-26/h1-8,11-12,15-16,22-23H,9-10,13-14,17-18H2,(H,33,37)(H,34,38). The molecule has 3 aromatic heterocycles. The average molecular weight is 562 g/mol. The number of carbonyl (C=O) groups excluding carboxylic acids is 3. The summed E-state index contributed by atoms with van der Waals surface area (Å²) in [7, 11) is 0. The van der Waals surface area contributed by atoms with Crippen molar-refractivity contribution in [2.75, 3.05) is 19.6 Å². The molecule has 1 unspecified atom stereocenters. The van der Waals surface area contributed by atoms with Gasteiger partial charge in [-0.1, -0.05) is 23.7 Å². The first-order valence-electron chi connectivity index (χ1n) is 13.0. The number of aromatic nitrogens is 2. The van der Waals surface area contributed by atoms with Gasteiger partial charge < -0.3 is 24.7 Å². The van der Waals surface area contributed by atoms with Gasteiger partial charge >= 0.3 is 0 Å². The summed E-state index contributed by atoms with van der Waals surface area (Å²) < 4.78 is 11.5. The van der Waals surface area contributed by atoms with Gasteiger partial charge in [-0.25, -0.2) is 4.98 Å². The van der Waals surface area contributed by atoms with Gasteiger partial charge in [0.15, 0.2) is 5.76 Å². The first-order chi connectivity index (χ1) is 19.4. The van der Waals surface area contributed by atoms with E-state index in [1.54, 1.807) is 65.8 Å². The summed E-state index contributed by atoms with van der Waals surface area (Å²) >= 11 is 6.04. The number of pyridine rings is 2. The van der Waals surface area contributed by atoms with Gasteiger partial charge in [-0.15, -0.1) is 0 Å². The Hall–Kier alpha value is -4.44. The largest absolute Gasteiger partial charge is 0.474 e. The summed E-state index contributed by atoms with van der Waals surface area (Å²) in [4.78, 5) is 49.2. The van der Waals surface area contributed by atoms with Crippen LogP contribution < -0.4 is 15.4 Å². The Balaban J connectivity index is 1.18. The van der Waals surface area contributed by atoms with E-state index in [9.17, 15) is 14.4 Å². The minimum absolute atomic E-state index is 0.0271. The summed E-state index contributed by atoms with van der Waals surface area (Å²) in [5, 5.41) is 6.59. The minimum atomic E-state index is -0.982. The molecule has 1 aliphatic heterocycles. The lowest BCUT2D eigenvalue weighted by molar-refractivity contribution is -0.134. The normalized spacial score (nSPS) is 14.5. The molecule has 11 heteroatoms. The number of halogens is 1. The van der Waals surface area contributed by atoms with Crippen LogP contribution in [0.1, 0.15) is 29.1 Å². The maximum absolute atomic E-state index is 13.2. The van der Waals surface area contributed by atoms with Crippen LogP contribution in [0.4, 0.5) is 0 Å². The predicted molar refractivity (Wildman–Crippen MR) is 148 cm³/mol. The quantitative estimate of drug-likeness (QED) is 0.321. The first-order valence-corrected chi connectivity index (χ1v) is 13.4. The van der Waals surface area contributed by atoms with Crippen LogP contribution in [-0.2, 0) is 16.0 Å². The zero-order valence-corrected chi connectivity index (χ0v) is 22.3. The van der Waals surface area contributed by atoms with Crippen LogP contribution in [0.3, 0.4) is 0 Å². The van der Waals surface area contributed by atoms with Crippen molar-refractivity contribution in [3.63, 3.8) is 0 Å². The van der Waals surface area contributed by atoms with Crippen LogP contribution in [0.25, 0.3) is 11.0 Å². The zero-order chi connectivity index (χ0) is 27.9. The predicted octanol–water partition coefficient (Wildman–Crippen LogP) is 3.40. The third-order valence-corrected chi connectivity index (χ3v) is 6.83. The third-order valence-electron chi connectivity index (χ3n) is 6.60. The zero-order valence-electron chi connectivity index (χ0n) is 21.6. The van der Waals surface area contributed by atoms with E-state index in [-0.39, 0.29) is 30.7 Å². The molecule has 1 aromatic carbocycles. The molecule has 4 heterocycles. The van der Waals surface area contributed by atoms with Crippen LogP contribution in [0, 0.1) is 0 Å². The number of likely N-dealkylation sites (tertiary alicyclic amines) is 1. The van der Waals surface area contributed by atoms with Gasteiger partial charge in [-0.3, -0.25) is 19.4 Å². The smallest absolute Gasteiger partial charge is 0.287 e.